The smallest absolute Gasteiger partial charge is 0.338 e. The number of carbonyl (C=O) groups excluding carboxylic acids is 3. The molecule has 0 saturated carbocycles. The molecule has 0 radical (unpaired) electrons. The Kier molecular flexibility index (Phi) is 5.49. The number of hydrogen-bond donors (Lipinski definition) is 0. The van der Waals surface area contributed by atoms with Crippen LogP contribution in [0.3, 0.4) is 0 Å². The van der Waals surface area contributed by atoms with Crippen LogP contribution in [0.25, 0.3) is 0 Å². The highest BCUT2D eigenvalue weighted by Crippen LogP contribution is 2.33. The Morgan fingerprint density at radius 1 is 1.07 bits per heavy atom. The largest absolute Gasteiger partial charge is 0.462 e. The zero-order valence-corrected chi connectivity index (χ0v) is 15.2. The number of hydrogen-bond acceptors (Lipinski definition) is 6. The summed E-state index contributed by atoms with van der Waals surface area (Å²) in [6.07, 6.45) is 2.77. The number of ether oxygens (including phenoxy) is 1. The normalized spacial score (nSPS) is 12.8. The summed E-state index contributed by atoms with van der Waals surface area (Å²) in [5, 5.41) is 11.2. The number of unbranched alkanes of at least 4 members (excludes halogenated alkanes) is 2. The van der Waals surface area contributed by atoms with Gasteiger partial charge in [0.25, 0.3) is 17.5 Å². The molecular weight excluding hydrogens is 364 g/mol. The van der Waals surface area contributed by atoms with Gasteiger partial charge in [-0.25, -0.2) is 9.69 Å². The Bertz CT molecular complexity index is 952. The number of anilines is 1. The van der Waals surface area contributed by atoms with Crippen LogP contribution in [0.5, 0.6) is 0 Å². The zero-order chi connectivity index (χ0) is 20.3. The predicted octanol–water partition coefficient (Wildman–Crippen LogP) is 3.74. The first-order valence-electron chi connectivity index (χ1n) is 8.89. The van der Waals surface area contributed by atoms with Crippen molar-refractivity contribution in [2.45, 2.75) is 26.2 Å². The number of amides is 2. The van der Waals surface area contributed by atoms with Crippen LogP contribution >= 0.6 is 0 Å². The molecule has 0 fully saturated rings. The van der Waals surface area contributed by atoms with E-state index < -0.39 is 28.4 Å². The lowest BCUT2D eigenvalue weighted by molar-refractivity contribution is -0.385. The number of esters is 1. The third-order valence-corrected chi connectivity index (χ3v) is 4.43. The zero-order valence-electron chi connectivity index (χ0n) is 15.2. The summed E-state index contributed by atoms with van der Waals surface area (Å²) in [7, 11) is 0. The molecule has 0 unspecified atom stereocenters. The highest BCUT2D eigenvalue weighted by Gasteiger charge is 2.41. The van der Waals surface area contributed by atoms with Gasteiger partial charge in [0.15, 0.2) is 0 Å². The number of rotatable bonds is 7. The van der Waals surface area contributed by atoms with Crippen molar-refractivity contribution in [1.82, 2.24) is 0 Å². The minimum Gasteiger partial charge on any atom is -0.462 e. The second-order valence-corrected chi connectivity index (χ2v) is 6.29. The van der Waals surface area contributed by atoms with E-state index in [2.05, 4.69) is 0 Å². The molecule has 0 atom stereocenters. The fraction of sp³-hybridized carbons (Fsp3) is 0.250. The van der Waals surface area contributed by atoms with Crippen molar-refractivity contribution >= 4 is 29.2 Å². The lowest BCUT2D eigenvalue weighted by Gasteiger charge is -2.14. The molecule has 0 aliphatic carbocycles. The molecule has 8 heteroatoms. The highest BCUT2D eigenvalue weighted by atomic mass is 16.6. The third kappa shape index (κ3) is 3.48. The van der Waals surface area contributed by atoms with Crippen molar-refractivity contribution in [3.05, 3.63) is 69.3 Å². The number of nitrogens with zero attached hydrogens (tertiary/aromatic N) is 2. The standard InChI is InChI=1S/C20H18N2O6/c1-2-3-4-12-28-20(25)13-8-10-14(11-9-13)21-18(23)15-6-5-7-16(22(26)27)17(15)19(21)24/h5-11H,2-4,12H2,1H3. The molecule has 144 valence electrons. The monoisotopic (exact) mass is 382 g/mol. The van der Waals surface area contributed by atoms with Crippen molar-refractivity contribution in [1.29, 1.82) is 0 Å². The first-order valence-corrected chi connectivity index (χ1v) is 8.89. The second kappa shape index (κ2) is 7.99. The van der Waals surface area contributed by atoms with Crippen molar-refractivity contribution in [3.63, 3.8) is 0 Å². The van der Waals surface area contributed by atoms with Crippen molar-refractivity contribution in [3.8, 4) is 0 Å². The summed E-state index contributed by atoms with van der Waals surface area (Å²) in [5.41, 5.74) is -0.132. The van der Waals surface area contributed by atoms with Crippen LogP contribution < -0.4 is 4.90 Å². The molecule has 2 aromatic rings. The number of fused-ring (bicyclic) bond motifs is 1. The van der Waals surface area contributed by atoms with E-state index in [-0.39, 0.29) is 16.8 Å². The first kappa shape index (κ1) is 19.2. The van der Waals surface area contributed by atoms with Crippen LogP contribution in [0.15, 0.2) is 42.5 Å². The maximum Gasteiger partial charge on any atom is 0.338 e. The summed E-state index contributed by atoms with van der Waals surface area (Å²) in [4.78, 5) is 48.6. The van der Waals surface area contributed by atoms with Crippen LogP contribution in [-0.2, 0) is 4.74 Å². The SMILES string of the molecule is CCCCCOC(=O)c1ccc(N2C(=O)c3cccc([N+](=O)[O-])c3C2=O)cc1. The highest BCUT2D eigenvalue weighted by molar-refractivity contribution is 6.35. The van der Waals surface area contributed by atoms with E-state index in [1.807, 2.05) is 6.92 Å². The predicted molar refractivity (Wildman–Crippen MR) is 100 cm³/mol. The van der Waals surface area contributed by atoms with E-state index in [1.165, 1.54) is 42.5 Å². The Balaban J connectivity index is 1.80. The van der Waals surface area contributed by atoms with Gasteiger partial charge in [-0.15, -0.1) is 0 Å². The van der Waals surface area contributed by atoms with Gasteiger partial charge in [-0.2, -0.15) is 0 Å². The fourth-order valence-electron chi connectivity index (χ4n) is 3.00. The van der Waals surface area contributed by atoms with Gasteiger partial charge >= 0.3 is 5.97 Å². The van der Waals surface area contributed by atoms with Crippen LogP contribution in [-0.4, -0.2) is 29.3 Å². The van der Waals surface area contributed by atoms with Crippen LogP contribution in [0.2, 0.25) is 0 Å². The summed E-state index contributed by atoms with van der Waals surface area (Å²) in [5.74, 6) is -1.89. The average Bonchev–Trinajstić information content (AvgIpc) is 2.96. The van der Waals surface area contributed by atoms with Gasteiger partial charge in [-0.05, 0) is 36.8 Å². The molecule has 0 aromatic heterocycles. The molecule has 8 nitrogen and oxygen atoms in total. The number of nitro groups is 1. The Morgan fingerprint density at radius 3 is 2.43 bits per heavy atom. The molecule has 0 spiro atoms. The van der Waals surface area contributed by atoms with Gasteiger partial charge in [0.2, 0.25) is 0 Å². The Morgan fingerprint density at radius 2 is 1.79 bits per heavy atom. The van der Waals surface area contributed by atoms with E-state index in [0.29, 0.717) is 12.2 Å². The van der Waals surface area contributed by atoms with Gasteiger partial charge in [-0.1, -0.05) is 25.8 Å². The van der Waals surface area contributed by atoms with Gasteiger partial charge in [0, 0.05) is 6.07 Å². The quantitative estimate of drug-likeness (QED) is 0.237. The van der Waals surface area contributed by atoms with Gasteiger partial charge in [-0.3, -0.25) is 19.7 Å². The Hall–Kier alpha value is -3.55. The van der Waals surface area contributed by atoms with Crippen LogP contribution in [0.4, 0.5) is 11.4 Å². The minimum atomic E-state index is -0.762. The molecule has 1 aliphatic heterocycles. The van der Waals surface area contributed by atoms with Gasteiger partial charge < -0.3 is 4.74 Å². The third-order valence-electron chi connectivity index (χ3n) is 4.43. The second-order valence-electron chi connectivity index (χ2n) is 6.29. The summed E-state index contributed by atoms with van der Waals surface area (Å²) in [6, 6.07) is 9.72. The molecule has 1 aliphatic rings. The summed E-state index contributed by atoms with van der Waals surface area (Å²) in [6.45, 7) is 2.38. The van der Waals surface area contributed by atoms with E-state index in [1.54, 1.807) is 0 Å². The van der Waals surface area contributed by atoms with E-state index in [9.17, 15) is 24.5 Å². The molecule has 3 rings (SSSR count). The minimum absolute atomic E-state index is 0.0152. The van der Waals surface area contributed by atoms with Gasteiger partial charge in [0.05, 0.1) is 28.3 Å². The molecule has 2 aromatic carbocycles. The summed E-state index contributed by atoms with van der Waals surface area (Å²) >= 11 is 0. The topological polar surface area (TPSA) is 107 Å². The molecule has 0 bridgehead atoms. The maximum absolute atomic E-state index is 12.7. The molecule has 28 heavy (non-hydrogen) atoms. The van der Waals surface area contributed by atoms with E-state index >= 15 is 0 Å². The molecule has 0 N–H and O–H groups in total. The van der Waals surface area contributed by atoms with Crippen LogP contribution in [0.1, 0.15) is 57.3 Å². The molecule has 2 amide bonds. The molecule has 0 saturated heterocycles. The number of benzene rings is 2. The average molecular weight is 382 g/mol. The lowest BCUT2D eigenvalue weighted by Crippen LogP contribution is -2.29. The van der Waals surface area contributed by atoms with E-state index in [0.717, 1.165) is 24.2 Å². The first-order chi connectivity index (χ1) is 13.5. The van der Waals surface area contributed by atoms with E-state index in [4.69, 9.17) is 4.74 Å². The lowest BCUT2D eigenvalue weighted by atomic mass is 10.1. The number of carbonyl (C=O) groups is 3. The number of nitro benzene ring substituents is 1. The summed E-state index contributed by atoms with van der Waals surface area (Å²) < 4.78 is 5.17. The van der Waals surface area contributed by atoms with Crippen molar-refractivity contribution < 1.29 is 24.0 Å². The molecular formula is C20H18N2O6. The molecule has 1 heterocycles. The number of imide groups is 1. The van der Waals surface area contributed by atoms with Crippen molar-refractivity contribution in [2.75, 3.05) is 11.5 Å². The maximum atomic E-state index is 12.7. The van der Waals surface area contributed by atoms with Crippen molar-refractivity contribution in [2.24, 2.45) is 0 Å². The fourth-order valence-corrected chi connectivity index (χ4v) is 3.00. The Labute approximate surface area is 160 Å². The van der Waals surface area contributed by atoms with Gasteiger partial charge in [0.1, 0.15) is 5.56 Å². The van der Waals surface area contributed by atoms with Crippen LogP contribution in [0, 0.1) is 10.1 Å².